The number of halogens is 1. The number of carbonyl (C=O) groups excluding carboxylic acids is 1. The number of ether oxygens (including phenoxy) is 1. The number of hydrogen-bond acceptors (Lipinski definition) is 2. The van der Waals surface area contributed by atoms with Crippen molar-refractivity contribution in [2.75, 3.05) is 7.11 Å². The van der Waals surface area contributed by atoms with Crippen molar-refractivity contribution >= 4 is 12.0 Å². The van der Waals surface area contributed by atoms with Crippen LogP contribution in [-0.4, -0.2) is 13.1 Å². The van der Waals surface area contributed by atoms with Gasteiger partial charge in [0.05, 0.1) is 13.0 Å². The monoisotopic (exact) mass is 208 g/mol. The van der Waals surface area contributed by atoms with Gasteiger partial charge in [0.25, 0.3) is 0 Å². The third-order valence-corrected chi connectivity index (χ3v) is 2.30. The van der Waals surface area contributed by atoms with Gasteiger partial charge in [-0.3, -0.25) is 4.79 Å². The molecule has 0 amide bonds. The minimum Gasteiger partial charge on any atom is -0.469 e. The van der Waals surface area contributed by atoms with Gasteiger partial charge in [0.1, 0.15) is 5.82 Å². The average molecular weight is 208 g/mol. The van der Waals surface area contributed by atoms with Gasteiger partial charge in [0, 0.05) is 11.1 Å². The molecule has 0 heterocycles. The average Bonchev–Trinajstić information content (AvgIpc) is 2.27. The van der Waals surface area contributed by atoms with E-state index >= 15 is 0 Å². The lowest BCUT2D eigenvalue weighted by Gasteiger charge is -2.11. The van der Waals surface area contributed by atoms with E-state index in [1.807, 2.05) is 0 Å². The fourth-order valence-electron chi connectivity index (χ4n) is 1.36. The summed E-state index contributed by atoms with van der Waals surface area (Å²) in [5.41, 5.74) is 0.725. The molecule has 80 valence electrons. The molecule has 2 nitrogen and oxygen atoms in total. The Morgan fingerprint density at radius 2 is 2.27 bits per heavy atom. The molecule has 0 aliphatic heterocycles. The van der Waals surface area contributed by atoms with E-state index in [0.29, 0.717) is 11.1 Å². The van der Waals surface area contributed by atoms with Crippen molar-refractivity contribution in [1.29, 1.82) is 0 Å². The third-order valence-electron chi connectivity index (χ3n) is 2.30. The number of methoxy groups -OCH3 is 1. The van der Waals surface area contributed by atoms with Crippen molar-refractivity contribution in [2.45, 2.75) is 12.8 Å². The van der Waals surface area contributed by atoms with Crippen molar-refractivity contribution in [3.63, 3.8) is 0 Å². The molecule has 0 saturated heterocycles. The Bertz CT molecular complexity index is 385. The zero-order valence-corrected chi connectivity index (χ0v) is 8.79. The van der Waals surface area contributed by atoms with Crippen LogP contribution >= 0.6 is 0 Å². The number of rotatable bonds is 3. The molecule has 0 fully saturated rings. The first-order valence-electron chi connectivity index (χ1n) is 4.60. The van der Waals surface area contributed by atoms with Crippen LogP contribution in [-0.2, 0) is 9.53 Å². The molecular weight excluding hydrogens is 195 g/mol. The normalized spacial score (nSPS) is 11.9. The zero-order chi connectivity index (χ0) is 11.4. The van der Waals surface area contributed by atoms with Crippen LogP contribution in [0.4, 0.5) is 4.39 Å². The van der Waals surface area contributed by atoms with Gasteiger partial charge >= 0.3 is 5.97 Å². The van der Waals surface area contributed by atoms with E-state index in [4.69, 9.17) is 0 Å². The Hall–Kier alpha value is -1.64. The predicted octanol–water partition coefficient (Wildman–Crippen LogP) is 2.75. The standard InChI is InChI=1S/C12H13FO2/c1-4-9-6-5-7-10(11(9)13)8(2)12(14)15-3/h4-8H,1H2,2-3H3. The Morgan fingerprint density at radius 3 is 2.80 bits per heavy atom. The van der Waals surface area contributed by atoms with Crippen LogP contribution in [0.3, 0.4) is 0 Å². The molecule has 0 aliphatic carbocycles. The van der Waals surface area contributed by atoms with Gasteiger partial charge in [-0.1, -0.05) is 30.9 Å². The van der Waals surface area contributed by atoms with Gasteiger partial charge in [-0.2, -0.15) is 0 Å². The quantitative estimate of drug-likeness (QED) is 0.714. The highest BCUT2D eigenvalue weighted by Crippen LogP contribution is 2.23. The molecule has 0 aromatic heterocycles. The summed E-state index contributed by atoms with van der Waals surface area (Å²) in [6.45, 7) is 5.11. The Kier molecular flexibility index (Phi) is 3.61. The van der Waals surface area contributed by atoms with E-state index in [1.165, 1.54) is 13.2 Å². The lowest BCUT2D eigenvalue weighted by molar-refractivity contribution is -0.142. The minimum atomic E-state index is -0.602. The first-order valence-corrected chi connectivity index (χ1v) is 4.60. The summed E-state index contributed by atoms with van der Waals surface area (Å²) in [4.78, 5) is 11.2. The van der Waals surface area contributed by atoms with Crippen molar-refractivity contribution in [3.8, 4) is 0 Å². The summed E-state index contributed by atoms with van der Waals surface area (Å²) in [6.07, 6.45) is 1.42. The highest BCUT2D eigenvalue weighted by Gasteiger charge is 2.20. The topological polar surface area (TPSA) is 26.3 Å². The molecule has 0 N–H and O–H groups in total. The SMILES string of the molecule is C=Cc1cccc(C(C)C(=O)OC)c1F. The van der Waals surface area contributed by atoms with E-state index in [2.05, 4.69) is 11.3 Å². The summed E-state index contributed by atoms with van der Waals surface area (Å²) < 4.78 is 18.3. The second-order valence-corrected chi connectivity index (χ2v) is 3.20. The van der Waals surface area contributed by atoms with Gasteiger partial charge in [0.2, 0.25) is 0 Å². The van der Waals surface area contributed by atoms with E-state index < -0.39 is 17.7 Å². The third kappa shape index (κ3) is 2.24. The van der Waals surface area contributed by atoms with E-state index in [9.17, 15) is 9.18 Å². The fraction of sp³-hybridized carbons (Fsp3) is 0.250. The van der Waals surface area contributed by atoms with Crippen LogP contribution in [0, 0.1) is 5.82 Å². The lowest BCUT2D eigenvalue weighted by Crippen LogP contribution is -2.12. The molecule has 0 spiro atoms. The van der Waals surface area contributed by atoms with E-state index in [-0.39, 0.29) is 0 Å². The fourth-order valence-corrected chi connectivity index (χ4v) is 1.36. The Morgan fingerprint density at radius 1 is 1.60 bits per heavy atom. The van der Waals surface area contributed by atoms with E-state index in [0.717, 1.165) is 0 Å². The van der Waals surface area contributed by atoms with Gasteiger partial charge < -0.3 is 4.74 Å². The highest BCUT2D eigenvalue weighted by molar-refractivity contribution is 5.78. The Labute approximate surface area is 88.4 Å². The van der Waals surface area contributed by atoms with Crippen LogP contribution < -0.4 is 0 Å². The molecule has 0 bridgehead atoms. The summed E-state index contributed by atoms with van der Waals surface area (Å²) in [7, 11) is 1.29. The summed E-state index contributed by atoms with van der Waals surface area (Å²) in [6, 6.07) is 4.87. The van der Waals surface area contributed by atoms with E-state index in [1.54, 1.807) is 25.1 Å². The molecule has 1 rings (SSSR count). The van der Waals surface area contributed by atoms with Crippen molar-refractivity contribution in [1.82, 2.24) is 0 Å². The molecule has 0 saturated carbocycles. The van der Waals surface area contributed by atoms with Crippen LogP contribution in [0.1, 0.15) is 24.0 Å². The molecule has 3 heteroatoms. The molecule has 1 aromatic carbocycles. The van der Waals surface area contributed by atoms with Gasteiger partial charge in [0.15, 0.2) is 0 Å². The molecule has 0 radical (unpaired) electrons. The van der Waals surface area contributed by atoms with Crippen LogP contribution in [0.2, 0.25) is 0 Å². The molecule has 0 aliphatic rings. The lowest BCUT2D eigenvalue weighted by atomic mass is 9.98. The molecule has 15 heavy (non-hydrogen) atoms. The first kappa shape index (κ1) is 11.4. The predicted molar refractivity (Wildman–Crippen MR) is 56.9 cm³/mol. The maximum absolute atomic E-state index is 13.7. The van der Waals surface area contributed by atoms with Crippen molar-refractivity contribution in [3.05, 3.63) is 41.7 Å². The molecule has 1 atom stereocenters. The van der Waals surface area contributed by atoms with Crippen molar-refractivity contribution < 1.29 is 13.9 Å². The van der Waals surface area contributed by atoms with Gasteiger partial charge in [-0.15, -0.1) is 0 Å². The molecule has 1 unspecified atom stereocenters. The van der Waals surface area contributed by atoms with Gasteiger partial charge in [-0.25, -0.2) is 4.39 Å². The number of carbonyl (C=O) groups is 1. The number of hydrogen-bond donors (Lipinski definition) is 0. The maximum Gasteiger partial charge on any atom is 0.312 e. The molecular formula is C12H13FO2. The van der Waals surface area contributed by atoms with Crippen LogP contribution in [0.25, 0.3) is 6.08 Å². The number of benzene rings is 1. The second-order valence-electron chi connectivity index (χ2n) is 3.20. The first-order chi connectivity index (χ1) is 7.11. The van der Waals surface area contributed by atoms with Gasteiger partial charge in [-0.05, 0) is 6.92 Å². The summed E-state index contributed by atoms with van der Waals surface area (Å²) in [5, 5.41) is 0. The minimum absolute atomic E-state index is 0.333. The maximum atomic E-state index is 13.7. The second kappa shape index (κ2) is 4.73. The highest BCUT2D eigenvalue weighted by atomic mass is 19.1. The summed E-state index contributed by atoms with van der Waals surface area (Å²) >= 11 is 0. The zero-order valence-electron chi connectivity index (χ0n) is 8.79. The van der Waals surface area contributed by atoms with Crippen LogP contribution in [0.5, 0.6) is 0 Å². The van der Waals surface area contributed by atoms with Crippen molar-refractivity contribution in [2.24, 2.45) is 0 Å². The Balaban J connectivity index is 3.14. The van der Waals surface area contributed by atoms with Crippen LogP contribution in [0.15, 0.2) is 24.8 Å². The smallest absolute Gasteiger partial charge is 0.312 e. The number of esters is 1. The molecule has 1 aromatic rings. The largest absolute Gasteiger partial charge is 0.469 e. The summed E-state index contributed by atoms with van der Waals surface area (Å²) in [5.74, 6) is -1.46.